The molecule has 0 radical (unpaired) electrons. The van der Waals surface area contributed by atoms with Gasteiger partial charge in [0.1, 0.15) is 5.56 Å². The van der Waals surface area contributed by atoms with Gasteiger partial charge in [-0.1, -0.05) is 0 Å². The summed E-state index contributed by atoms with van der Waals surface area (Å²) < 4.78 is 1.81. The van der Waals surface area contributed by atoms with Crippen molar-refractivity contribution in [2.45, 2.75) is 12.3 Å². The highest BCUT2D eigenvalue weighted by molar-refractivity contribution is 7.99. The van der Waals surface area contributed by atoms with Gasteiger partial charge >= 0.3 is 5.97 Å². The summed E-state index contributed by atoms with van der Waals surface area (Å²) in [4.78, 5) is 15.6. The second-order valence-corrected chi connectivity index (χ2v) is 5.33. The van der Waals surface area contributed by atoms with Gasteiger partial charge in [0.15, 0.2) is 5.65 Å². The van der Waals surface area contributed by atoms with Gasteiger partial charge in [-0.3, -0.25) is 0 Å². The zero-order valence-corrected chi connectivity index (χ0v) is 9.98. The molecule has 2 aromatic rings. The van der Waals surface area contributed by atoms with Gasteiger partial charge in [0.25, 0.3) is 0 Å². The molecule has 1 aliphatic rings. The van der Waals surface area contributed by atoms with Crippen molar-refractivity contribution in [3.63, 3.8) is 0 Å². The van der Waals surface area contributed by atoms with Crippen molar-refractivity contribution in [2.24, 2.45) is 0 Å². The number of nitrogens with zero attached hydrogens (tertiary/aromatic N) is 2. The minimum Gasteiger partial charge on any atom is -0.478 e. The normalized spacial score (nSPS) is 19.9. The SMILES string of the molecule is O=C(O)c1cccn2cc(C3CCSC3)nc12. The third kappa shape index (κ3) is 1.80. The molecule has 0 amide bonds. The number of thioether (sulfide) groups is 1. The molecular weight excluding hydrogens is 236 g/mol. The van der Waals surface area contributed by atoms with Crippen molar-refractivity contribution in [3.05, 3.63) is 35.8 Å². The number of pyridine rings is 1. The Balaban J connectivity index is 2.11. The lowest BCUT2D eigenvalue weighted by atomic mass is 10.1. The molecular formula is C12H12N2O2S. The second-order valence-electron chi connectivity index (χ2n) is 4.18. The van der Waals surface area contributed by atoms with Crippen LogP contribution in [0.2, 0.25) is 0 Å². The molecule has 1 unspecified atom stereocenters. The summed E-state index contributed by atoms with van der Waals surface area (Å²) in [6.45, 7) is 0. The van der Waals surface area contributed by atoms with Crippen molar-refractivity contribution in [3.8, 4) is 0 Å². The first-order valence-electron chi connectivity index (χ1n) is 5.54. The first-order chi connectivity index (χ1) is 8.25. The minimum absolute atomic E-state index is 0.268. The number of hydrogen-bond acceptors (Lipinski definition) is 3. The highest BCUT2D eigenvalue weighted by atomic mass is 32.2. The van der Waals surface area contributed by atoms with Crippen LogP contribution in [-0.2, 0) is 0 Å². The van der Waals surface area contributed by atoms with Crippen LogP contribution in [-0.4, -0.2) is 32.0 Å². The van der Waals surface area contributed by atoms with Gasteiger partial charge in [-0.25, -0.2) is 9.78 Å². The number of fused-ring (bicyclic) bond motifs is 1. The number of rotatable bonds is 2. The van der Waals surface area contributed by atoms with Crippen LogP contribution in [0.3, 0.4) is 0 Å². The molecule has 3 heterocycles. The molecule has 1 atom stereocenters. The smallest absolute Gasteiger partial charge is 0.339 e. The zero-order valence-electron chi connectivity index (χ0n) is 9.17. The van der Waals surface area contributed by atoms with Gasteiger partial charge < -0.3 is 9.51 Å². The number of carboxylic acids is 1. The lowest BCUT2D eigenvalue weighted by Gasteiger charge is -2.01. The van der Waals surface area contributed by atoms with Crippen LogP contribution in [0.25, 0.3) is 5.65 Å². The van der Waals surface area contributed by atoms with E-state index in [1.54, 1.807) is 12.1 Å². The Morgan fingerprint density at radius 3 is 3.18 bits per heavy atom. The molecule has 2 aromatic heterocycles. The lowest BCUT2D eigenvalue weighted by molar-refractivity contribution is 0.0698. The molecule has 1 N–H and O–H groups in total. The number of carbonyl (C=O) groups is 1. The van der Waals surface area contributed by atoms with E-state index in [0.717, 1.165) is 17.9 Å². The molecule has 0 saturated carbocycles. The van der Waals surface area contributed by atoms with Crippen molar-refractivity contribution in [2.75, 3.05) is 11.5 Å². The van der Waals surface area contributed by atoms with E-state index in [1.165, 1.54) is 5.75 Å². The van der Waals surface area contributed by atoms with E-state index in [-0.39, 0.29) is 5.56 Å². The number of hydrogen-bond donors (Lipinski definition) is 1. The number of imidazole rings is 1. The molecule has 4 nitrogen and oxygen atoms in total. The Bertz CT molecular complexity index is 573. The van der Waals surface area contributed by atoms with Gasteiger partial charge in [-0.05, 0) is 24.3 Å². The van der Waals surface area contributed by atoms with Crippen LogP contribution in [0, 0.1) is 0 Å². The second kappa shape index (κ2) is 4.07. The molecule has 0 spiro atoms. The fourth-order valence-electron chi connectivity index (χ4n) is 2.16. The molecule has 1 saturated heterocycles. The number of carboxylic acid groups (broad SMARTS) is 1. The Morgan fingerprint density at radius 2 is 2.47 bits per heavy atom. The highest BCUT2D eigenvalue weighted by Crippen LogP contribution is 2.32. The maximum atomic E-state index is 11.1. The van der Waals surface area contributed by atoms with E-state index >= 15 is 0 Å². The molecule has 0 aromatic carbocycles. The molecule has 17 heavy (non-hydrogen) atoms. The molecule has 0 bridgehead atoms. The summed E-state index contributed by atoms with van der Waals surface area (Å²) in [5.74, 6) is 1.81. The molecule has 3 rings (SSSR count). The third-order valence-electron chi connectivity index (χ3n) is 3.08. The Labute approximate surface area is 103 Å². The summed E-state index contributed by atoms with van der Waals surface area (Å²) >= 11 is 1.93. The number of aromatic nitrogens is 2. The summed E-state index contributed by atoms with van der Waals surface area (Å²) in [6, 6.07) is 3.34. The van der Waals surface area contributed by atoms with E-state index in [1.807, 2.05) is 28.6 Å². The van der Waals surface area contributed by atoms with Gasteiger partial charge in [-0.15, -0.1) is 0 Å². The lowest BCUT2D eigenvalue weighted by Crippen LogP contribution is -2.00. The minimum atomic E-state index is -0.923. The summed E-state index contributed by atoms with van der Waals surface area (Å²) in [5.41, 5.74) is 1.83. The fourth-order valence-corrected chi connectivity index (χ4v) is 3.40. The monoisotopic (exact) mass is 248 g/mol. The molecule has 1 aliphatic heterocycles. The topological polar surface area (TPSA) is 54.6 Å². The zero-order chi connectivity index (χ0) is 11.8. The number of aromatic carboxylic acids is 1. The highest BCUT2D eigenvalue weighted by Gasteiger charge is 2.21. The quantitative estimate of drug-likeness (QED) is 0.885. The standard InChI is InChI=1S/C12H12N2O2S/c15-12(16)9-2-1-4-14-6-10(13-11(9)14)8-3-5-17-7-8/h1-2,4,6,8H,3,5,7H2,(H,15,16). The average Bonchev–Trinajstić information content (AvgIpc) is 2.96. The van der Waals surface area contributed by atoms with E-state index in [0.29, 0.717) is 11.6 Å². The van der Waals surface area contributed by atoms with Crippen molar-refractivity contribution >= 4 is 23.4 Å². The van der Waals surface area contributed by atoms with Crippen LogP contribution < -0.4 is 0 Å². The van der Waals surface area contributed by atoms with Crippen molar-refractivity contribution in [1.82, 2.24) is 9.38 Å². The van der Waals surface area contributed by atoms with Gasteiger partial charge in [0.05, 0.1) is 5.69 Å². The maximum absolute atomic E-state index is 11.1. The van der Waals surface area contributed by atoms with Crippen LogP contribution in [0.4, 0.5) is 0 Å². The van der Waals surface area contributed by atoms with E-state index in [9.17, 15) is 4.79 Å². The third-order valence-corrected chi connectivity index (χ3v) is 4.24. The fraction of sp³-hybridized carbons (Fsp3) is 0.333. The first kappa shape index (κ1) is 10.7. The summed E-state index contributed by atoms with van der Waals surface area (Å²) in [6.07, 6.45) is 4.94. The van der Waals surface area contributed by atoms with E-state index < -0.39 is 5.97 Å². The maximum Gasteiger partial charge on any atom is 0.339 e. The molecule has 1 fully saturated rings. The largest absolute Gasteiger partial charge is 0.478 e. The predicted molar refractivity (Wildman–Crippen MR) is 66.8 cm³/mol. The summed E-state index contributed by atoms with van der Waals surface area (Å²) in [5, 5.41) is 9.10. The predicted octanol–water partition coefficient (Wildman–Crippen LogP) is 2.25. The Kier molecular flexibility index (Phi) is 2.55. The summed E-state index contributed by atoms with van der Waals surface area (Å²) in [7, 11) is 0. The van der Waals surface area contributed by atoms with Crippen LogP contribution >= 0.6 is 11.8 Å². The molecule has 5 heteroatoms. The van der Waals surface area contributed by atoms with Crippen LogP contribution in [0.1, 0.15) is 28.4 Å². The Morgan fingerprint density at radius 1 is 1.59 bits per heavy atom. The van der Waals surface area contributed by atoms with Crippen LogP contribution in [0.5, 0.6) is 0 Å². The van der Waals surface area contributed by atoms with Crippen molar-refractivity contribution < 1.29 is 9.90 Å². The van der Waals surface area contributed by atoms with Gasteiger partial charge in [0.2, 0.25) is 0 Å². The van der Waals surface area contributed by atoms with Crippen molar-refractivity contribution in [1.29, 1.82) is 0 Å². The van der Waals surface area contributed by atoms with E-state index in [4.69, 9.17) is 5.11 Å². The average molecular weight is 248 g/mol. The Hall–Kier alpha value is -1.49. The van der Waals surface area contributed by atoms with Crippen LogP contribution in [0.15, 0.2) is 24.5 Å². The van der Waals surface area contributed by atoms with Gasteiger partial charge in [0, 0.05) is 24.1 Å². The van der Waals surface area contributed by atoms with Gasteiger partial charge in [-0.2, -0.15) is 11.8 Å². The first-order valence-corrected chi connectivity index (χ1v) is 6.70. The molecule has 88 valence electrons. The van der Waals surface area contributed by atoms with E-state index in [2.05, 4.69) is 4.98 Å². The molecule has 0 aliphatic carbocycles.